The number of hydrogen-bond donors (Lipinski definition) is 3. The maximum Gasteiger partial charge on any atom is 0.340 e. The van der Waals surface area contributed by atoms with Crippen molar-refractivity contribution in [3.8, 4) is 11.8 Å². The molecule has 0 spiro atoms. The average molecular weight is 478 g/mol. The zero-order valence-electron chi connectivity index (χ0n) is 10.6. The summed E-state index contributed by atoms with van der Waals surface area (Å²) < 4.78 is 5.66. The van der Waals surface area contributed by atoms with Crippen molar-refractivity contribution in [2.24, 2.45) is 5.73 Å². The molecule has 5 nitrogen and oxygen atoms in total. The molecule has 0 aliphatic heterocycles. The number of halogens is 2. The number of carbonyl (C=O) groups is 1. The average Bonchev–Trinajstić information content (AvgIpc) is 2.31. The van der Waals surface area contributed by atoms with E-state index < -0.39 is 11.5 Å². The second-order valence-corrected chi connectivity index (χ2v) is 3.86. The molecular formula is C11H18I2N3O2+. The molecule has 0 saturated heterocycles. The maximum atomic E-state index is 10.6. The van der Waals surface area contributed by atoms with E-state index in [0.29, 0.717) is 13.0 Å². The Morgan fingerprint density at radius 1 is 1.61 bits per heavy atom. The SMILES string of the molecule is CC(=[N+]=CI)NCCC#CC(C)(N)C(=O)O.CI. The third-order valence-electron chi connectivity index (χ3n) is 1.67. The van der Waals surface area contributed by atoms with Gasteiger partial charge in [-0.05, 0) is 11.9 Å². The molecule has 1 atom stereocenters. The number of aliphatic carboxylic acids is 1. The van der Waals surface area contributed by atoms with Crippen molar-refractivity contribution < 1.29 is 9.90 Å². The Morgan fingerprint density at radius 2 is 2.17 bits per heavy atom. The van der Waals surface area contributed by atoms with Gasteiger partial charge in [-0.3, -0.25) is 5.32 Å². The summed E-state index contributed by atoms with van der Waals surface area (Å²) in [5, 5.41) is 11.7. The summed E-state index contributed by atoms with van der Waals surface area (Å²) in [7, 11) is 0. The largest absolute Gasteiger partial charge is 0.479 e. The molecule has 4 N–H and O–H groups in total. The van der Waals surface area contributed by atoms with E-state index >= 15 is 0 Å². The van der Waals surface area contributed by atoms with Gasteiger partial charge in [0.15, 0.2) is 5.54 Å². The number of rotatable bonds is 3. The van der Waals surface area contributed by atoms with Crippen LogP contribution in [0.25, 0.3) is 0 Å². The van der Waals surface area contributed by atoms with Crippen LogP contribution >= 0.6 is 45.2 Å². The summed E-state index contributed by atoms with van der Waals surface area (Å²) in [6, 6.07) is 0. The summed E-state index contributed by atoms with van der Waals surface area (Å²) in [5.74, 6) is 4.90. The first kappa shape index (κ1) is 20.0. The molecule has 102 valence electrons. The van der Waals surface area contributed by atoms with Crippen LogP contribution in [0.4, 0.5) is 0 Å². The zero-order valence-corrected chi connectivity index (χ0v) is 14.9. The van der Waals surface area contributed by atoms with Gasteiger partial charge in [0.2, 0.25) is 4.22 Å². The van der Waals surface area contributed by atoms with Crippen LogP contribution in [-0.4, -0.2) is 38.1 Å². The van der Waals surface area contributed by atoms with Gasteiger partial charge in [-0.1, -0.05) is 34.4 Å². The maximum absolute atomic E-state index is 10.6. The van der Waals surface area contributed by atoms with Gasteiger partial charge >= 0.3 is 11.8 Å². The minimum absolute atomic E-state index is 0.522. The van der Waals surface area contributed by atoms with E-state index in [4.69, 9.17) is 10.8 Å². The second-order valence-electron chi connectivity index (χ2n) is 3.30. The van der Waals surface area contributed by atoms with Gasteiger partial charge in [0.1, 0.15) is 0 Å². The Bertz CT molecular complexity index is 377. The lowest BCUT2D eigenvalue weighted by Crippen LogP contribution is -2.43. The quantitative estimate of drug-likeness (QED) is 0.106. The zero-order chi connectivity index (χ0) is 14.6. The number of alkyl halides is 1. The molecule has 0 amide bonds. The lowest BCUT2D eigenvalue weighted by Gasteiger charge is -2.09. The molecule has 0 saturated carbocycles. The standard InChI is InChI=1S/C10H14IN3O2.CH3I/c1-8(14-7-11)13-6-4-3-5-10(2,12)9(15)16;1-2/h7H,4,6,12H2,1-2H3,(H,15,16);1H3/p+1. The lowest BCUT2D eigenvalue weighted by molar-refractivity contribution is -0.140. The van der Waals surface area contributed by atoms with Crippen LogP contribution < -0.4 is 15.7 Å². The topological polar surface area (TPSA) is 89.5 Å². The Morgan fingerprint density at radius 3 is 2.61 bits per heavy atom. The van der Waals surface area contributed by atoms with Crippen LogP contribution in [0.1, 0.15) is 20.3 Å². The van der Waals surface area contributed by atoms with E-state index in [9.17, 15) is 4.79 Å². The summed E-state index contributed by atoms with van der Waals surface area (Å²) in [6.45, 7) is 3.82. The van der Waals surface area contributed by atoms with Crippen LogP contribution in [0.15, 0.2) is 0 Å². The molecule has 0 aromatic heterocycles. The first-order valence-corrected chi connectivity index (χ1v) is 8.40. The van der Waals surface area contributed by atoms with Crippen molar-refractivity contribution >= 4 is 61.2 Å². The highest BCUT2D eigenvalue weighted by atomic mass is 127. The summed E-state index contributed by atoms with van der Waals surface area (Å²) in [6.07, 6.45) is 0.522. The van der Waals surface area contributed by atoms with Crippen molar-refractivity contribution in [2.45, 2.75) is 25.8 Å². The normalized spacial score (nSPS) is 11.4. The first-order chi connectivity index (χ1) is 8.40. The molecule has 0 aliphatic carbocycles. The summed E-state index contributed by atoms with van der Waals surface area (Å²) in [5.41, 5.74) is 3.95. The summed E-state index contributed by atoms with van der Waals surface area (Å²) in [4.78, 5) is 12.6. The number of carboxylic acids is 1. The predicted molar refractivity (Wildman–Crippen MR) is 93.5 cm³/mol. The Balaban J connectivity index is 0. The molecule has 0 fully saturated rings. The minimum atomic E-state index is -1.47. The van der Waals surface area contributed by atoms with Crippen LogP contribution in [0, 0.1) is 11.8 Å². The minimum Gasteiger partial charge on any atom is -0.479 e. The van der Waals surface area contributed by atoms with Crippen molar-refractivity contribution in [1.29, 1.82) is 0 Å². The molecule has 1 unspecified atom stereocenters. The fraction of sp³-hybridized carbons (Fsp3) is 0.545. The number of nitrogens with two attached hydrogens (primary N) is 1. The van der Waals surface area contributed by atoms with Crippen LogP contribution in [0.2, 0.25) is 0 Å². The van der Waals surface area contributed by atoms with Gasteiger partial charge in [0.25, 0.3) is 0 Å². The fourth-order valence-electron chi connectivity index (χ4n) is 0.724. The van der Waals surface area contributed by atoms with E-state index in [1.165, 1.54) is 6.92 Å². The van der Waals surface area contributed by atoms with Crippen LogP contribution in [0.3, 0.4) is 0 Å². The molecule has 0 rings (SSSR count). The molecule has 0 bridgehead atoms. The van der Waals surface area contributed by atoms with Crippen molar-refractivity contribution in [3.63, 3.8) is 0 Å². The Kier molecular flexibility index (Phi) is 13.1. The third kappa shape index (κ3) is 10.8. The highest BCUT2D eigenvalue weighted by molar-refractivity contribution is 14.1. The fourth-order valence-corrected chi connectivity index (χ4v) is 1.14. The van der Waals surface area contributed by atoms with Crippen molar-refractivity contribution in [3.05, 3.63) is 0 Å². The number of amidine groups is 1. The van der Waals surface area contributed by atoms with Gasteiger partial charge in [0, 0.05) is 29.0 Å². The van der Waals surface area contributed by atoms with E-state index in [-0.39, 0.29) is 0 Å². The number of hydrogen-bond acceptors (Lipinski definition) is 2. The number of carboxylic acid groups (broad SMARTS) is 1. The monoisotopic (exact) mass is 478 g/mol. The molecule has 0 aromatic carbocycles. The third-order valence-corrected chi connectivity index (χ3v) is 1.94. The molecular weight excluding hydrogens is 460 g/mol. The Labute approximate surface area is 135 Å². The molecule has 0 heterocycles. The Hall–Kier alpha value is -0.300. The summed E-state index contributed by atoms with van der Waals surface area (Å²) >= 11 is 4.18. The van der Waals surface area contributed by atoms with Gasteiger partial charge < -0.3 is 10.8 Å². The van der Waals surface area contributed by atoms with Gasteiger partial charge in [-0.2, -0.15) is 0 Å². The van der Waals surface area contributed by atoms with E-state index in [1.54, 1.807) is 4.22 Å². The van der Waals surface area contributed by atoms with Gasteiger partial charge in [-0.25, -0.2) is 9.46 Å². The molecule has 0 radical (unpaired) electrons. The molecule has 0 aromatic rings. The van der Waals surface area contributed by atoms with E-state index in [1.807, 2.05) is 34.4 Å². The lowest BCUT2D eigenvalue weighted by atomic mass is 10.1. The predicted octanol–water partition coefficient (Wildman–Crippen LogP) is 0.772. The molecule has 7 heteroatoms. The highest BCUT2D eigenvalue weighted by Gasteiger charge is 2.24. The van der Waals surface area contributed by atoms with Crippen molar-refractivity contribution in [2.75, 3.05) is 11.5 Å². The molecule has 18 heavy (non-hydrogen) atoms. The van der Waals surface area contributed by atoms with Gasteiger partial charge in [-0.15, -0.1) is 0 Å². The van der Waals surface area contributed by atoms with E-state index in [0.717, 1.165) is 5.84 Å². The smallest absolute Gasteiger partial charge is 0.340 e. The second kappa shape index (κ2) is 11.8. The van der Waals surface area contributed by atoms with Gasteiger partial charge in [0.05, 0.1) is 13.5 Å². The van der Waals surface area contributed by atoms with E-state index in [2.05, 4.69) is 44.4 Å². The highest BCUT2D eigenvalue weighted by Crippen LogP contribution is 1.95. The number of nitrogens with one attached hydrogen (secondary N) is 1. The molecule has 0 aliphatic rings. The first-order valence-electron chi connectivity index (χ1n) is 5.00. The van der Waals surface area contributed by atoms with Crippen LogP contribution in [0.5, 0.6) is 0 Å². The van der Waals surface area contributed by atoms with Crippen LogP contribution in [-0.2, 0) is 4.79 Å². The van der Waals surface area contributed by atoms with Crippen molar-refractivity contribution in [1.82, 2.24) is 9.98 Å². The number of nitrogens with zero attached hydrogens (tertiary/aromatic N) is 1.